The molecular formula is C13H16N4O4S2. The number of aliphatic imine (C=N–C) groups is 1. The van der Waals surface area contributed by atoms with Crippen LogP contribution in [0.5, 0.6) is 0 Å². The molecule has 1 aromatic rings. The number of methoxy groups -OCH3 is 1. The van der Waals surface area contributed by atoms with Crippen molar-refractivity contribution in [1.82, 2.24) is 14.6 Å². The number of aromatic nitrogens is 1. The lowest BCUT2D eigenvalue weighted by molar-refractivity contribution is -0.136. The fourth-order valence-corrected chi connectivity index (χ4v) is 4.19. The first-order chi connectivity index (χ1) is 10.9. The number of sulfonamides is 1. The van der Waals surface area contributed by atoms with Gasteiger partial charge in [-0.3, -0.25) is 4.99 Å². The van der Waals surface area contributed by atoms with Gasteiger partial charge in [0.15, 0.2) is 10.8 Å². The first-order valence-corrected chi connectivity index (χ1v) is 9.65. The number of carbonyl (C=O) groups excluding carboxylic acids is 1. The molecule has 0 aromatic carbocycles. The third-order valence-corrected chi connectivity index (χ3v) is 5.13. The van der Waals surface area contributed by atoms with E-state index in [4.69, 9.17) is 4.74 Å². The number of nitrogens with one attached hydrogen (secondary N) is 1. The Hall–Kier alpha value is -1.78. The normalized spacial score (nSPS) is 21.2. The molecule has 0 spiro atoms. The Morgan fingerprint density at radius 1 is 1.52 bits per heavy atom. The number of ether oxygens (including phenoxy) is 1. The molecule has 10 heteroatoms. The van der Waals surface area contributed by atoms with Crippen molar-refractivity contribution in [3.8, 4) is 0 Å². The van der Waals surface area contributed by atoms with Crippen LogP contribution in [0.15, 0.2) is 27.8 Å². The van der Waals surface area contributed by atoms with Gasteiger partial charge >= 0.3 is 5.97 Å². The maximum absolute atomic E-state index is 12.0. The second-order valence-electron chi connectivity index (χ2n) is 5.30. The van der Waals surface area contributed by atoms with Gasteiger partial charge in [-0.1, -0.05) is 0 Å². The lowest BCUT2D eigenvalue weighted by atomic mass is 10.1. The number of esters is 1. The summed E-state index contributed by atoms with van der Waals surface area (Å²) in [5, 5.41) is 2.59. The van der Waals surface area contributed by atoms with Gasteiger partial charge in [-0.2, -0.15) is 0 Å². The molecule has 0 bridgehead atoms. The zero-order chi connectivity index (χ0) is 16.6. The average molecular weight is 356 g/mol. The molecule has 1 aromatic heterocycles. The summed E-state index contributed by atoms with van der Waals surface area (Å²) in [6, 6.07) is -0.317. The molecule has 0 radical (unpaired) electrons. The SMILES string of the molecule is COC(=O)C1=C2CC(NS(C)(=O)=O)CN2C(c2nccs2)=NC1. The minimum atomic E-state index is -3.33. The van der Waals surface area contributed by atoms with E-state index in [1.165, 1.54) is 18.4 Å². The van der Waals surface area contributed by atoms with E-state index in [0.717, 1.165) is 17.0 Å². The Morgan fingerprint density at radius 2 is 2.30 bits per heavy atom. The number of thiazole rings is 1. The molecule has 1 fully saturated rings. The highest BCUT2D eigenvalue weighted by atomic mass is 32.2. The molecule has 3 rings (SSSR count). The summed E-state index contributed by atoms with van der Waals surface area (Å²) >= 11 is 1.45. The second kappa shape index (κ2) is 6.02. The third-order valence-electron chi connectivity index (χ3n) is 3.60. The Kier molecular flexibility index (Phi) is 4.21. The van der Waals surface area contributed by atoms with E-state index in [1.54, 1.807) is 6.20 Å². The van der Waals surface area contributed by atoms with Crippen LogP contribution in [-0.4, -0.2) is 62.6 Å². The van der Waals surface area contributed by atoms with Gasteiger partial charge in [0, 0.05) is 36.3 Å². The van der Waals surface area contributed by atoms with Crippen molar-refractivity contribution < 1.29 is 17.9 Å². The third kappa shape index (κ3) is 3.28. The number of fused-ring (bicyclic) bond motifs is 1. The number of hydrogen-bond acceptors (Lipinski definition) is 8. The maximum Gasteiger partial charge on any atom is 0.337 e. The van der Waals surface area contributed by atoms with Gasteiger partial charge in [0.1, 0.15) is 0 Å². The first kappa shape index (κ1) is 16.1. The monoisotopic (exact) mass is 356 g/mol. The molecule has 1 atom stereocenters. The number of hydrogen-bond donors (Lipinski definition) is 1. The van der Waals surface area contributed by atoms with Crippen molar-refractivity contribution in [2.45, 2.75) is 12.5 Å². The molecule has 0 amide bonds. The zero-order valence-electron chi connectivity index (χ0n) is 12.6. The standard InChI is InChI=1S/C13H16N4O4S2/c1-21-13(18)9-6-15-11(12-14-3-4-22-12)17-7-8(5-10(9)17)16-23(2,19)20/h3-4,8,16H,5-7H2,1-2H3. The van der Waals surface area contributed by atoms with Crippen LogP contribution >= 0.6 is 11.3 Å². The van der Waals surface area contributed by atoms with Gasteiger partial charge in [0.2, 0.25) is 10.0 Å². The van der Waals surface area contributed by atoms with E-state index in [1.807, 2.05) is 10.3 Å². The maximum atomic E-state index is 12.0. The highest BCUT2D eigenvalue weighted by molar-refractivity contribution is 7.88. The summed E-state index contributed by atoms with van der Waals surface area (Å²) in [6.07, 6.45) is 3.22. The first-order valence-electron chi connectivity index (χ1n) is 6.88. The van der Waals surface area contributed by atoms with Gasteiger partial charge < -0.3 is 9.64 Å². The molecule has 0 aliphatic carbocycles. The smallest absolute Gasteiger partial charge is 0.337 e. The molecular weight excluding hydrogens is 340 g/mol. The highest BCUT2D eigenvalue weighted by Crippen LogP contribution is 2.31. The molecule has 1 unspecified atom stereocenters. The number of rotatable bonds is 4. The number of carbonyl (C=O) groups is 1. The van der Waals surface area contributed by atoms with Crippen LogP contribution in [0, 0.1) is 0 Å². The highest BCUT2D eigenvalue weighted by Gasteiger charge is 2.38. The summed E-state index contributed by atoms with van der Waals surface area (Å²) in [6.45, 7) is 0.611. The molecule has 1 N–H and O–H groups in total. The molecule has 2 aliphatic rings. The van der Waals surface area contributed by atoms with Crippen molar-refractivity contribution in [2.24, 2.45) is 4.99 Å². The van der Waals surface area contributed by atoms with E-state index in [0.29, 0.717) is 24.4 Å². The second-order valence-corrected chi connectivity index (χ2v) is 7.97. The Morgan fingerprint density at radius 3 is 2.91 bits per heavy atom. The summed E-state index contributed by atoms with van der Waals surface area (Å²) in [5.41, 5.74) is 1.21. The number of nitrogens with zero attached hydrogens (tertiary/aromatic N) is 3. The predicted octanol–water partition coefficient (Wildman–Crippen LogP) is -0.0461. The fourth-order valence-electron chi connectivity index (χ4n) is 2.77. The van der Waals surface area contributed by atoms with Crippen LogP contribution in [0.4, 0.5) is 0 Å². The Bertz CT molecular complexity index is 783. The van der Waals surface area contributed by atoms with Crippen LogP contribution in [0.25, 0.3) is 0 Å². The molecule has 2 aliphatic heterocycles. The summed E-state index contributed by atoms with van der Waals surface area (Å²) in [4.78, 5) is 22.5. The lowest BCUT2D eigenvalue weighted by Crippen LogP contribution is -2.39. The van der Waals surface area contributed by atoms with Crippen LogP contribution in [0.2, 0.25) is 0 Å². The van der Waals surface area contributed by atoms with E-state index < -0.39 is 16.0 Å². The molecule has 1 saturated heterocycles. The van der Waals surface area contributed by atoms with Gasteiger partial charge in [0.05, 0.1) is 25.5 Å². The quantitative estimate of drug-likeness (QED) is 0.760. The van der Waals surface area contributed by atoms with Crippen LogP contribution in [0.3, 0.4) is 0 Å². The summed E-state index contributed by atoms with van der Waals surface area (Å²) < 4.78 is 30.4. The van der Waals surface area contributed by atoms with Crippen molar-refractivity contribution in [3.63, 3.8) is 0 Å². The Balaban J connectivity index is 1.95. The van der Waals surface area contributed by atoms with E-state index in [9.17, 15) is 13.2 Å². The van der Waals surface area contributed by atoms with Crippen molar-refractivity contribution >= 4 is 33.2 Å². The van der Waals surface area contributed by atoms with Gasteiger partial charge in [-0.15, -0.1) is 11.3 Å². The van der Waals surface area contributed by atoms with E-state index in [-0.39, 0.29) is 12.6 Å². The van der Waals surface area contributed by atoms with Gasteiger partial charge in [-0.05, 0) is 0 Å². The summed E-state index contributed by atoms with van der Waals surface area (Å²) in [5.74, 6) is 0.229. The van der Waals surface area contributed by atoms with Crippen molar-refractivity contribution in [2.75, 3.05) is 26.5 Å². The van der Waals surface area contributed by atoms with E-state index in [2.05, 4.69) is 14.7 Å². The fraction of sp³-hybridized carbons (Fsp3) is 0.462. The van der Waals surface area contributed by atoms with Gasteiger partial charge in [-0.25, -0.2) is 22.9 Å². The summed E-state index contributed by atoms with van der Waals surface area (Å²) in [7, 11) is -2.01. The van der Waals surface area contributed by atoms with Crippen LogP contribution in [-0.2, 0) is 19.6 Å². The largest absolute Gasteiger partial charge is 0.466 e. The van der Waals surface area contributed by atoms with Crippen molar-refractivity contribution in [3.05, 3.63) is 27.9 Å². The van der Waals surface area contributed by atoms with Crippen molar-refractivity contribution in [1.29, 1.82) is 0 Å². The molecule has 23 heavy (non-hydrogen) atoms. The minimum absolute atomic E-state index is 0.207. The molecule has 8 nitrogen and oxygen atoms in total. The molecule has 0 saturated carbocycles. The van der Waals surface area contributed by atoms with E-state index >= 15 is 0 Å². The number of amidine groups is 1. The van der Waals surface area contributed by atoms with Crippen LogP contribution in [0.1, 0.15) is 11.4 Å². The topological polar surface area (TPSA) is 101 Å². The van der Waals surface area contributed by atoms with Gasteiger partial charge in [0.25, 0.3) is 0 Å². The van der Waals surface area contributed by atoms with Crippen LogP contribution < -0.4 is 4.72 Å². The molecule has 3 heterocycles. The molecule has 124 valence electrons. The minimum Gasteiger partial charge on any atom is -0.466 e. The Labute approximate surface area is 137 Å². The lowest BCUT2D eigenvalue weighted by Gasteiger charge is -2.26. The zero-order valence-corrected chi connectivity index (χ0v) is 14.3. The average Bonchev–Trinajstić information content (AvgIpc) is 3.12. The predicted molar refractivity (Wildman–Crippen MR) is 85.7 cm³/mol.